The normalized spacial score (nSPS) is 11.0. The highest BCUT2D eigenvalue weighted by Crippen LogP contribution is 2.32. The number of carbonyl (C=O) groups excluding carboxylic acids is 1. The summed E-state index contributed by atoms with van der Waals surface area (Å²) >= 11 is 5.72. The maximum Gasteiger partial charge on any atom is 0.416 e. The number of nitrogens with zero attached hydrogens (tertiary/aromatic N) is 1. The van der Waals surface area contributed by atoms with Crippen LogP contribution in [0.3, 0.4) is 0 Å². The first-order valence-electron chi connectivity index (χ1n) is 5.88. The van der Waals surface area contributed by atoms with Gasteiger partial charge in [0.25, 0.3) is 0 Å². The Morgan fingerprint density at radius 3 is 2.45 bits per heavy atom. The maximum atomic E-state index is 12.8. The molecule has 0 aliphatic carbocycles. The van der Waals surface area contributed by atoms with E-state index in [1.54, 1.807) is 6.07 Å². The first-order valence-corrected chi connectivity index (χ1v) is 6.26. The van der Waals surface area contributed by atoms with Crippen LogP contribution < -0.4 is 0 Å². The molecule has 2 aromatic rings. The van der Waals surface area contributed by atoms with Gasteiger partial charge in [-0.25, -0.2) is 0 Å². The summed E-state index contributed by atoms with van der Waals surface area (Å²) in [5, 5.41) is 18.6. The summed E-state index contributed by atoms with van der Waals surface area (Å²) in [6, 6.07) is 7.51. The van der Waals surface area contributed by atoms with Crippen LogP contribution in [0.15, 0.2) is 36.4 Å². The van der Waals surface area contributed by atoms with Gasteiger partial charge < -0.3 is 5.11 Å². The van der Waals surface area contributed by atoms with Crippen LogP contribution in [0.1, 0.15) is 27.0 Å². The predicted octanol–water partition coefficient (Wildman–Crippen LogP) is 4.17. The van der Waals surface area contributed by atoms with E-state index in [1.165, 1.54) is 6.07 Å². The number of alkyl halides is 3. The Kier molecular flexibility index (Phi) is 4.11. The second-order valence-electron chi connectivity index (χ2n) is 4.40. The van der Waals surface area contributed by atoms with Gasteiger partial charge in [-0.1, -0.05) is 11.6 Å². The highest BCUT2D eigenvalue weighted by molar-refractivity contribution is 6.31. The average molecular weight is 326 g/mol. The van der Waals surface area contributed by atoms with Gasteiger partial charge in [-0.15, -0.1) is 0 Å². The summed E-state index contributed by atoms with van der Waals surface area (Å²) < 4.78 is 38.4. The van der Waals surface area contributed by atoms with Crippen molar-refractivity contribution in [2.75, 3.05) is 0 Å². The molecule has 0 bridgehead atoms. The van der Waals surface area contributed by atoms with Crippen molar-refractivity contribution < 1.29 is 23.1 Å². The van der Waals surface area contributed by atoms with Gasteiger partial charge in [0.15, 0.2) is 5.78 Å². The number of benzene rings is 2. The van der Waals surface area contributed by atoms with Crippen molar-refractivity contribution in [2.24, 2.45) is 0 Å². The lowest BCUT2D eigenvalue weighted by Gasteiger charge is -2.10. The first-order chi connectivity index (χ1) is 10.2. The number of rotatable bonds is 2. The Bertz CT molecular complexity index is 794. The van der Waals surface area contributed by atoms with Crippen molar-refractivity contribution in [2.45, 2.75) is 6.18 Å². The van der Waals surface area contributed by atoms with E-state index in [9.17, 15) is 23.1 Å². The van der Waals surface area contributed by atoms with Gasteiger partial charge in [0, 0.05) is 10.6 Å². The van der Waals surface area contributed by atoms with Crippen LogP contribution >= 0.6 is 11.6 Å². The molecule has 2 rings (SSSR count). The van der Waals surface area contributed by atoms with Crippen LogP contribution in [0.25, 0.3) is 0 Å². The fraction of sp³-hybridized carbons (Fsp3) is 0.0667. The molecular weight excluding hydrogens is 319 g/mol. The molecular formula is C15H7ClF3NO2. The molecule has 0 atom stereocenters. The lowest BCUT2D eigenvalue weighted by Crippen LogP contribution is -2.09. The van der Waals surface area contributed by atoms with Gasteiger partial charge >= 0.3 is 6.18 Å². The van der Waals surface area contributed by atoms with Crippen molar-refractivity contribution in [3.05, 3.63) is 63.7 Å². The highest BCUT2D eigenvalue weighted by atomic mass is 35.5. The Labute approximate surface area is 128 Å². The van der Waals surface area contributed by atoms with E-state index in [0.29, 0.717) is 12.1 Å². The first kappa shape index (κ1) is 15.9. The maximum absolute atomic E-state index is 12.8. The second kappa shape index (κ2) is 5.70. The van der Waals surface area contributed by atoms with Crippen LogP contribution in [0.5, 0.6) is 5.75 Å². The average Bonchev–Trinajstić information content (AvgIpc) is 2.47. The minimum absolute atomic E-state index is 0.147. The van der Waals surface area contributed by atoms with E-state index in [2.05, 4.69) is 0 Å². The molecule has 0 saturated carbocycles. The number of phenolic OH excluding ortho intramolecular Hbond substituents is 1. The number of nitriles is 1. The minimum Gasteiger partial charge on any atom is -0.507 e. The Balaban J connectivity index is 2.59. The molecule has 0 saturated heterocycles. The number of halogens is 4. The lowest BCUT2D eigenvalue weighted by molar-refractivity contribution is -0.137. The Hall–Kier alpha value is -2.52. The summed E-state index contributed by atoms with van der Waals surface area (Å²) in [4.78, 5) is 12.3. The summed E-state index contributed by atoms with van der Waals surface area (Å²) in [6.45, 7) is 0. The molecule has 22 heavy (non-hydrogen) atoms. The van der Waals surface area contributed by atoms with Crippen LogP contribution in [-0.2, 0) is 6.18 Å². The van der Waals surface area contributed by atoms with Crippen molar-refractivity contribution >= 4 is 17.4 Å². The molecule has 0 unspecified atom stereocenters. The summed E-state index contributed by atoms with van der Waals surface area (Å²) in [7, 11) is 0. The number of aromatic hydroxyl groups is 1. The third-order valence-electron chi connectivity index (χ3n) is 2.85. The molecule has 1 N–H and O–H groups in total. The van der Waals surface area contributed by atoms with Crippen LogP contribution in [0, 0.1) is 11.3 Å². The topological polar surface area (TPSA) is 61.1 Å². The molecule has 2 aromatic carbocycles. The van der Waals surface area contributed by atoms with E-state index in [-0.39, 0.29) is 21.7 Å². The predicted molar refractivity (Wildman–Crippen MR) is 72.7 cm³/mol. The summed E-state index contributed by atoms with van der Waals surface area (Å²) in [5.74, 6) is -1.27. The van der Waals surface area contributed by atoms with Crippen molar-refractivity contribution in [1.29, 1.82) is 5.26 Å². The molecule has 0 spiro atoms. The minimum atomic E-state index is -4.70. The third-order valence-corrected chi connectivity index (χ3v) is 3.09. The standard InChI is InChI=1S/C15H7ClF3NO2/c16-11-1-2-13(21)12(6-11)14(22)9-3-8(7-20)4-10(5-9)15(17,18)19/h1-6,21H. The smallest absolute Gasteiger partial charge is 0.416 e. The SMILES string of the molecule is N#Cc1cc(C(=O)c2cc(Cl)ccc2O)cc(C(F)(F)F)c1. The van der Waals surface area contributed by atoms with Crippen LogP contribution in [0.2, 0.25) is 5.02 Å². The molecule has 0 aromatic heterocycles. The van der Waals surface area contributed by atoms with E-state index in [1.807, 2.05) is 0 Å². The van der Waals surface area contributed by atoms with Gasteiger partial charge in [-0.2, -0.15) is 18.4 Å². The molecule has 112 valence electrons. The van der Waals surface area contributed by atoms with Gasteiger partial charge in [0.05, 0.1) is 22.8 Å². The van der Waals surface area contributed by atoms with E-state index >= 15 is 0 Å². The Morgan fingerprint density at radius 2 is 1.86 bits per heavy atom. The Morgan fingerprint density at radius 1 is 1.18 bits per heavy atom. The van der Waals surface area contributed by atoms with E-state index in [4.69, 9.17) is 16.9 Å². The summed E-state index contributed by atoms with van der Waals surface area (Å²) in [6.07, 6.45) is -4.70. The van der Waals surface area contributed by atoms with Crippen molar-refractivity contribution in [3.63, 3.8) is 0 Å². The number of ketones is 1. The number of carbonyl (C=O) groups is 1. The number of hydrogen-bond acceptors (Lipinski definition) is 3. The third kappa shape index (κ3) is 3.21. The molecule has 0 aliphatic rings. The van der Waals surface area contributed by atoms with E-state index < -0.39 is 23.3 Å². The molecule has 3 nitrogen and oxygen atoms in total. The lowest BCUT2D eigenvalue weighted by atomic mass is 9.98. The van der Waals surface area contributed by atoms with Gasteiger partial charge in [-0.3, -0.25) is 4.79 Å². The zero-order chi connectivity index (χ0) is 16.5. The zero-order valence-corrected chi connectivity index (χ0v) is 11.5. The fourth-order valence-corrected chi connectivity index (χ4v) is 2.00. The summed E-state index contributed by atoms with van der Waals surface area (Å²) in [5.41, 5.74) is -2.02. The largest absolute Gasteiger partial charge is 0.507 e. The molecule has 0 aliphatic heterocycles. The molecule has 7 heteroatoms. The second-order valence-corrected chi connectivity index (χ2v) is 4.84. The van der Waals surface area contributed by atoms with Gasteiger partial charge in [-0.05, 0) is 36.4 Å². The van der Waals surface area contributed by atoms with Gasteiger partial charge in [0.2, 0.25) is 0 Å². The fourth-order valence-electron chi connectivity index (χ4n) is 1.83. The molecule has 0 heterocycles. The highest BCUT2D eigenvalue weighted by Gasteiger charge is 2.32. The molecule has 0 radical (unpaired) electrons. The van der Waals surface area contributed by atoms with Crippen molar-refractivity contribution in [3.8, 4) is 11.8 Å². The molecule has 0 amide bonds. The quantitative estimate of drug-likeness (QED) is 0.843. The monoisotopic (exact) mass is 325 g/mol. The zero-order valence-electron chi connectivity index (χ0n) is 10.8. The van der Waals surface area contributed by atoms with Crippen molar-refractivity contribution in [1.82, 2.24) is 0 Å². The number of phenols is 1. The van der Waals surface area contributed by atoms with Gasteiger partial charge in [0.1, 0.15) is 5.75 Å². The van der Waals surface area contributed by atoms with Crippen LogP contribution in [0.4, 0.5) is 13.2 Å². The van der Waals surface area contributed by atoms with E-state index in [0.717, 1.165) is 18.2 Å². The van der Waals surface area contributed by atoms with Crippen LogP contribution in [-0.4, -0.2) is 10.9 Å². The molecule has 0 fully saturated rings. The number of hydrogen-bond donors (Lipinski definition) is 1.